The van der Waals surface area contributed by atoms with Crippen LogP contribution in [0.3, 0.4) is 0 Å². The smallest absolute Gasteiger partial charge is 0.263 e. The molecule has 0 unspecified atom stereocenters. The lowest BCUT2D eigenvalue weighted by Crippen LogP contribution is -2.14. The van der Waals surface area contributed by atoms with Gasteiger partial charge < -0.3 is 5.11 Å². The van der Waals surface area contributed by atoms with Gasteiger partial charge >= 0.3 is 0 Å². The summed E-state index contributed by atoms with van der Waals surface area (Å²) in [6.07, 6.45) is 0. The SMILES string of the molecule is O=S(=O)(Nc1ccc(F)cc1I)c1ccsc1CO. The third-order valence-electron chi connectivity index (χ3n) is 2.31. The van der Waals surface area contributed by atoms with Crippen molar-refractivity contribution >= 4 is 49.6 Å². The molecular formula is C11H9FINO3S2. The molecule has 0 saturated heterocycles. The zero-order valence-corrected chi connectivity index (χ0v) is 13.2. The van der Waals surface area contributed by atoms with Gasteiger partial charge in [-0.2, -0.15) is 0 Å². The normalized spacial score (nSPS) is 11.5. The molecule has 8 heteroatoms. The maximum absolute atomic E-state index is 13.0. The van der Waals surface area contributed by atoms with Crippen molar-refractivity contribution in [1.82, 2.24) is 0 Å². The molecule has 19 heavy (non-hydrogen) atoms. The largest absolute Gasteiger partial charge is 0.391 e. The first-order valence-corrected chi connectivity index (χ1v) is 8.53. The Labute approximate surface area is 127 Å². The molecule has 0 radical (unpaired) electrons. The number of halogens is 2. The average molecular weight is 413 g/mol. The predicted octanol–water partition coefficient (Wildman–Crippen LogP) is 2.78. The summed E-state index contributed by atoms with van der Waals surface area (Å²) < 4.78 is 40.1. The quantitative estimate of drug-likeness (QED) is 0.758. The number of thiophene rings is 1. The monoisotopic (exact) mass is 413 g/mol. The van der Waals surface area contributed by atoms with Crippen LogP contribution in [0.4, 0.5) is 10.1 Å². The van der Waals surface area contributed by atoms with Gasteiger partial charge in [-0.25, -0.2) is 12.8 Å². The topological polar surface area (TPSA) is 66.4 Å². The van der Waals surface area contributed by atoms with Gasteiger partial charge in [0.25, 0.3) is 10.0 Å². The number of hydrogen-bond acceptors (Lipinski definition) is 4. The van der Waals surface area contributed by atoms with Crippen molar-refractivity contribution in [2.45, 2.75) is 11.5 Å². The Kier molecular flexibility index (Phi) is 4.43. The third kappa shape index (κ3) is 3.25. The molecule has 0 fully saturated rings. The van der Waals surface area contributed by atoms with Crippen molar-refractivity contribution in [3.8, 4) is 0 Å². The number of hydrogen-bond donors (Lipinski definition) is 2. The van der Waals surface area contributed by atoms with Gasteiger partial charge in [0.1, 0.15) is 10.7 Å². The van der Waals surface area contributed by atoms with Gasteiger partial charge in [-0.15, -0.1) is 11.3 Å². The lowest BCUT2D eigenvalue weighted by Gasteiger charge is -2.09. The standard InChI is InChI=1S/C11H9FINO3S2/c12-7-1-2-9(8(13)5-7)14-19(16,17)11-3-4-18-10(11)6-15/h1-5,14-15H,6H2. The molecule has 0 aliphatic rings. The molecule has 0 amide bonds. The van der Waals surface area contributed by atoms with Crippen LogP contribution in [0.1, 0.15) is 4.88 Å². The van der Waals surface area contributed by atoms with Crippen molar-refractivity contribution in [2.24, 2.45) is 0 Å². The minimum Gasteiger partial charge on any atom is -0.391 e. The summed E-state index contributed by atoms with van der Waals surface area (Å²) in [5.41, 5.74) is 0.303. The summed E-state index contributed by atoms with van der Waals surface area (Å²) in [5, 5.41) is 10.7. The maximum Gasteiger partial charge on any atom is 0.263 e. The Balaban J connectivity index is 2.37. The third-order valence-corrected chi connectivity index (χ3v) is 5.69. The van der Waals surface area contributed by atoms with Crippen LogP contribution >= 0.6 is 33.9 Å². The molecule has 0 saturated carbocycles. The number of nitrogens with one attached hydrogen (secondary N) is 1. The lowest BCUT2D eigenvalue weighted by atomic mass is 10.3. The highest BCUT2D eigenvalue weighted by atomic mass is 127. The summed E-state index contributed by atoms with van der Waals surface area (Å²) in [6, 6.07) is 5.20. The zero-order valence-electron chi connectivity index (χ0n) is 9.43. The van der Waals surface area contributed by atoms with E-state index in [4.69, 9.17) is 5.11 Å². The Morgan fingerprint density at radius 1 is 1.37 bits per heavy atom. The van der Waals surface area contributed by atoms with Crippen LogP contribution in [0.15, 0.2) is 34.5 Å². The number of rotatable bonds is 4. The van der Waals surface area contributed by atoms with E-state index in [1.54, 1.807) is 5.38 Å². The van der Waals surface area contributed by atoms with Gasteiger partial charge in [-0.3, -0.25) is 4.72 Å². The molecular weight excluding hydrogens is 404 g/mol. The molecule has 0 bridgehead atoms. The molecule has 1 aromatic carbocycles. The molecule has 102 valence electrons. The number of aliphatic hydroxyl groups excluding tert-OH is 1. The predicted molar refractivity (Wildman–Crippen MR) is 80.2 cm³/mol. The summed E-state index contributed by atoms with van der Waals surface area (Å²) in [4.78, 5) is 0.407. The number of aliphatic hydroxyl groups is 1. The van der Waals surface area contributed by atoms with Gasteiger partial charge in [0.2, 0.25) is 0 Å². The summed E-state index contributed by atoms with van der Waals surface area (Å²) in [7, 11) is -3.77. The fraction of sp³-hybridized carbons (Fsp3) is 0.0909. The second-order valence-electron chi connectivity index (χ2n) is 3.60. The molecule has 1 heterocycles. The molecule has 2 rings (SSSR count). The van der Waals surface area contributed by atoms with Gasteiger partial charge in [-0.05, 0) is 52.2 Å². The number of sulfonamides is 1. The van der Waals surface area contributed by atoms with E-state index in [2.05, 4.69) is 4.72 Å². The van der Waals surface area contributed by atoms with Gasteiger partial charge in [0.15, 0.2) is 0 Å². The van der Waals surface area contributed by atoms with Crippen LogP contribution in [0, 0.1) is 9.39 Å². The van der Waals surface area contributed by atoms with Crippen LogP contribution < -0.4 is 4.72 Å². The molecule has 0 atom stereocenters. The van der Waals surface area contributed by atoms with Crippen LogP contribution in [0.2, 0.25) is 0 Å². The van der Waals surface area contributed by atoms with E-state index in [1.165, 1.54) is 24.3 Å². The van der Waals surface area contributed by atoms with Crippen molar-refractivity contribution in [1.29, 1.82) is 0 Å². The fourth-order valence-electron chi connectivity index (χ4n) is 1.46. The van der Waals surface area contributed by atoms with Crippen LogP contribution in [0.25, 0.3) is 0 Å². The molecule has 0 aliphatic heterocycles. The Morgan fingerprint density at radius 2 is 2.11 bits per heavy atom. The molecule has 4 nitrogen and oxygen atoms in total. The second kappa shape index (κ2) is 5.73. The molecule has 1 aromatic heterocycles. The van der Waals surface area contributed by atoms with Crippen LogP contribution in [0.5, 0.6) is 0 Å². The first kappa shape index (κ1) is 14.7. The molecule has 0 aliphatic carbocycles. The maximum atomic E-state index is 13.0. The van der Waals surface area contributed by atoms with Crippen molar-refractivity contribution in [3.05, 3.63) is 43.9 Å². The van der Waals surface area contributed by atoms with E-state index in [0.717, 1.165) is 11.3 Å². The van der Waals surface area contributed by atoms with E-state index in [9.17, 15) is 12.8 Å². The van der Waals surface area contributed by atoms with Crippen molar-refractivity contribution < 1.29 is 17.9 Å². The Hall–Kier alpha value is -0.710. The molecule has 2 aromatic rings. The van der Waals surface area contributed by atoms with Gasteiger partial charge in [0, 0.05) is 3.57 Å². The first-order chi connectivity index (χ1) is 8.94. The van der Waals surface area contributed by atoms with E-state index < -0.39 is 15.8 Å². The summed E-state index contributed by atoms with van der Waals surface area (Å²) in [6.45, 7) is -0.339. The summed E-state index contributed by atoms with van der Waals surface area (Å²) in [5.74, 6) is -0.432. The minimum absolute atomic E-state index is 0.0418. The second-order valence-corrected chi connectivity index (χ2v) is 7.41. The van der Waals surface area contributed by atoms with Crippen LogP contribution in [-0.2, 0) is 16.6 Å². The summed E-state index contributed by atoms with van der Waals surface area (Å²) >= 11 is 3.01. The molecule has 0 spiro atoms. The van der Waals surface area contributed by atoms with Gasteiger partial charge in [-0.1, -0.05) is 0 Å². The van der Waals surface area contributed by atoms with E-state index in [0.29, 0.717) is 14.1 Å². The lowest BCUT2D eigenvalue weighted by molar-refractivity contribution is 0.282. The van der Waals surface area contributed by atoms with E-state index in [1.807, 2.05) is 22.6 Å². The first-order valence-electron chi connectivity index (χ1n) is 5.09. The van der Waals surface area contributed by atoms with Gasteiger partial charge in [0.05, 0.1) is 17.2 Å². The highest BCUT2D eigenvalue weighted by Gasteiger charge is 2.20. The number of benzene rings is 1. The van der Waals surface area contributed by atoms with Crippen molar-refractivity contribution in [2.75, 3.05) is 4.72 Å². The minimum atomic E-state index is -3.77. The zero-order chi connectivity index (χ0) is 14.0. The van der Waals surface area contributed by atoms with E-state index in [-0.39, 0.29) is 11.5 Å². The Morgan fingerprint density at radius 3 is 2.74 bits per heavy atom. The van der Waals surface area contributed by atoms with Crippen molar-refractivity contribution in [3.63, 3.8) is 0 Å². The Bertz CT molecular complexity index is 700. The molecule has 2 N–H and O–H groups in total. The number of anilines is 1. The van der Waals surface area contributed by atoms with E-state index >= 15 is 0 Å². The highest BCUT2D eigenvalue weighted by Crippen LogP contribution is 2.26. The van der Waals surface area contributed by atoms with Crippen LogP contribution in [-0.4, -0.2) is 13.5 Å². The highest BCUT2D eigenvalue weighted by molar-refractivity contribution is 14.1. The fourth-order valence-corrected chi connectivity index (χ4v) is 4.63. The average Bonchev–Trinajstić information content (AvgIpc) is 2.82.